The maximum Gasteiger partial charge on any atom is 0.258 e. The number of hydrogen-bond acceptors (Lipinski definition) is 5. The van der Waals surface area contributed by atoms with Crippen LogP contribution in [0.3, 0.4) is 0 Å². The summed E-state index contributed by atoms with van der Waals surface area (Å²) >= 11 is 0. The van der Waals surface area contributed by atoms with Gasteiger partial charge in [-0.25, -0.2) is 0 Å². The molecule has 1 N–H and O–H groups in total. The lowest BCUT2D eigenvalue weighted by Gasteiger charge is -2.20. The maximum absolute atomic E-state index is 12.6. The van der Waals surface area contributed by atoms with Gasteiger partial charge in [0.05, 0.1) is 19.3 Å². The highest BCUT2D eigenvalue weighted by Crippen LogP contribution is 2.40. The molecule has 4 rings (SSSR count). The van der Waals surface area contributed by atoms with Gasteiger partial charge in [-0.2, -0.15) is 4.98 Å². The van der Waals surface area contributed by atoms with Crippen LogP contribution in [0.25, 0.3) is 11.4 Å². The molecule has 1 aromatic heterocycles. The Hall–Kier alpha value is -3.28. The molecule has 0 radical (unpaired) electrons. The van der Waals surface area contributed by atoms with E-state index in [2.05, 4.69) is 9.97 Å². The second kappa shape index (κ2) is 6.55. The molecule has 1 aliphatic heterocycles. The van der Waals surface area contributed by atoms with Gasteiger partial charge >= 0.3 is 0 Å². The van der Waals surface area contributed by atoms with Gasteiger partial charge in [-0.15, -0.1) is 0 Å². The molecular formula is C20H18N2O4. The minimum Gasteiger partial charge on any atom is -0.494 e. The van der Waals surface area contributed by atoms with E-state index in [1.54, 1.807) is 7.11 Å². The van der Waals surface area contributed by atoms with Crippen LogP contribution in [0.4, 0.5) is 0 Å². The number of aromatic amines is 1. The SMILES string of the molecule is CCOc1ccc(-c2nc3c(c(=O)[nH]2)Cc2cccc(OC)c2O3)cc1. The van der Waals surface area contributed by atoms with Gasteiger partial charge in [0.1, 0.15) is 11.6 Å². The first-order chi connectivity index (χ1) is 12.7. The standard InChI is InChI=1S/C20H18N2O4/c1-3-25-14-9-7-12(8-10-14)18-21-19(23)15-11-13-5-4-6-16(24-2)17(13)26-20(15)22-18/h4-10H,3,11H2,1-2H3,(H,21,22,23). The van der Waals surface area contributed by atoms with Crippen molar-refractivity contribution in [1.82, 2.24) is 9.97 Å². The first kappa shape index (κ1) is 16.2. The van der Waals surface area contributed by atoms with Crippen molar-refractivity contribution < 1.29 is 14.2 Å². The molecule has 0 saturated carbocycles. The number of aromatic nitrogens is 2. The Kier molecular flexibility index (Phi) is 4.08. The molecule has 0 aliphatic carbocycles. The fourth-order valence-corrected chi connectivity index (χ4v) is 2.99. The van der Waals surface area contributed by atoms with E-state index in [9.17, 15) is 4.79 Å². The molecule has 6 heteroatoms. The Morgan fingerprint density at radius 2 is 2.00 bits per heavy atom. The van der Waals surface area contributed by atoms with Crippen LogP contribution in [0.15, 0.2) is 47.3 Å². The second-order valence-electron chi connectivity index (χ2n) is 5.88. The van der Waals surface area contributed by atoms with Gasteiger partial charge in [0, 0.05) is 17.5 Å². The van der Waals surface area contributed by atoms with Gasteiger partial charge in [-0.1, -0.05) is 12.1 Å². The summed E-state index contributed by atoms with van der Waals surface area (Å²) in [5.41, 5.74) is 1.99. The van der Waals surface area contributed by atoms with Crippen LogP contribution in [0.1, 0.15) is 18.1 Å². The molecule has 0 atom stereocenters. The Morgan fingerprint density at radius 1 is 1.19 bits per heavy atom. The molecule has 0 saturated heterocycles. The smallest absolute Gasteiger partial charge is 0.258 e. The molecule has 0 spiro atoms. The number of H-pyrrole nitrogens is 1. The number of hydrogen-bond donors (Lipinski definition) is 1. The van der Waals surface area contributed by atoms with Crippen LogP contribution in [-0.4, -0.2) is 23.7 Å². The molecule has 2 aromatic carbocycles. The average molecular weight is 350 g/mol. The molecule has 3 aromatic rings. The van der Waals surface area contributed by atoms with E-state index in [0.717, 1.165) is 16.9 Å². The van der Waals surface area contributed by atoms with E-state index < -0.39 is 0 Å². The zero-order valence-corrected chi connectivity index (χ0v) is 14.5. The zero-order chi connectivity index (χ0) is 18.1. The van der Waals surface area contributed by atoms with Crippen molar-refractivity contribution in [1.29, 1.82) is 0 Å². The highest BCUT2D eigenvalue weighted by atomic mass is 16.5. The first-order valence-electron chi connectivity index (χ1n) is 8.39. The topological polar surface area (TPSA) is 73.4 Å². The summed E-state index contributed by atoms with van der Waals surface area (Å²) in [6, 6.07) is 13.0. The number of nitrogens with one attached hydrogen (secondary N) is 1. The second-order valence-corrected chi connectivity index (χ2v) is 5.88. The number of fused-ring (bicyclic) bond motifs is 2. The van der Waals surface area contributed by atoms with E-state index in [1.807, 2.05) is 49.4 Å². The lowest BCUT2D eigenvalue weighted by molar-refractivity contribution is 0.340. The minimum absolute atomic E-state index is 0.202. The van der Waals surface area contributed by atoms with E-state index in [1.165, 1.54) is 0 Å². The first-order valence-corrected chi connectivity index (χ1v) is 8.39. The summed E-state index contributed by atoms with van der Waals surface area (Å²) in [5.74, 6) is 2.77. The number of nitrogens with zero attached hydrogens (tertiary/aromatic N) is 1. The van der Waals surface area contributed by atoms with Crippen molar-refractivity contribution in [2.75, 3.05) is 13.7 Å². The van der Waals surface area contributed by atoms with Gasteiger partial charge in [-0.05, 0) is 37.3 Å². The number of benzene rings is 2. The highest BCUT2D eigenvalue weighted by molar-refractivity contribution is 5.59. The van der Waals surface area contributed by atoms with Crippen molar-refractivity contribution in [2.45, 2.75) is 13.3 Å². The van der Waals surface area contributed by atoms with Gasteiger partial charge in [0.15, 0.2) is 11.5 Å². The van der Waals surface area contributed by atoms with Crippen LogP contribution in [0, 0.1) is 0 Å². The quantitative estimate of drug-likeness (QED) is 0.609. The number of ether oxygens (including phenoxy) is 3. The van der Waals surface area contributed by atoms with Crippen LogP contribution < -0.4 is 19.8 Å². The summed E-state index contributed by atoms with van der Waals surface area (Å²) in [7, 11) is 1.59. The average Bonchev–Trinajstić information content (AvgIpc) is 2.67. The van der Waals surface area contributed by atoms with Gasteiger partial charge in [0.2, 0.25) is 5.88 Å². The van der Waals surface area contributed by atoms with Crippen molar-refractivity contribution >= 4 is 0 Å². The summed E-state index contributed by atoms with van der Waals surface area (Å²) < 4.78 is 16.7. The normalized spacial score (nSPS) is 11.9. The molecule has 6 nitrogen and oxygen atoms in total. The Balaban J connectivity index is 1.74. The number of methoxy groups -OCH3 is 1. The van der Waals surface area contributed by atoms with Crippen molar-refractivity contribution in [3.05, 3.63) is 63.9 Å². The minimum atomic E-state index is -0.202. The summed E-state index contributed by atoms with van der Waals surface area (Å²) in [4.78, 5) is 19.9. The molecular weight excluding hydrogens is 332 g/mol. The zero-order valence-electron chi connectivity index (χ0n) is 14.5. The lowest BCUT2D eigenvalue weighted by Crippen LogP contribution is -2.20. The van der Waals surface area contributed by atoms with Crippen molar-refractivity contribution in [3.63, 3.8) is 0 Å². The van der Waals surface area contributed by atoms with Crippen molar-refractivity contribution in [2.24, 2.45) is 0 Å². The number of rotatable bonds is 4. The van der Waals surface area contributed by atoms with Crippen molar-refractivity contribution in [3.8, 4) is 34.5 Å². The van der Waals surface area contributed by atoms with Crippen LogP contribution in [-0.2, 0) is 6.42 Å². The molecule has 26 heavy (non-hydrogen) atoms. The Bertz CT molecular complexity index is 1010. The van der Waals surface area contributed by atoms with Gasteiger partial charge in [-0.3, -0.25) is 4.79 Å². The molecule has 132 valence electrons. The summed E-state index contributed by atoms with van der Waals surface area (Å²) in [6.45, 7) is 2.53. The van der Waals surface area contributed by atoms with E-state index in [4.69, 9.17) is 14.2 Å². The van der Waals surface area contributed by atoms with E-state index in [0.29, 0.717) is 41.8 Å². The highest BCUT2D eigenvalue weighted by Gasteiger charge is 2.24. The molecule has 2 heterocycles. The predicted molar refractivity (Wildman–Crippen MR) is 97.3 cm³/mol. The fourth-order valence-electron chi connectivity index (χ4n) is 2.99. The Labute approximate surface area is 150 Å². The van der Waals surface area contributed by atoms with Gasteiger partial charge < -0.3 is 19.2 Å². The molecule has 1 aliphatic rings. The maximum atomic E-state index is 12.6. The molecule has 0 fully saturated rings. The largest absolute Gasteiger partial charge is 0.494 e. The third-order valence-corrected chi connectivity index (χ3v) is 4.26. The van der Waals surface area contributed by atoms with Crippen LogP contribution in [0.2, 0.25) is 0 Å². The lowest BCUT2D eigenvalue weighted by atomic mass is 10.0. The molecule has 0 amide bonds. The predicted octanol–water partition coefficient (Wildman–Crippen LogP) is 3.54. The third kappa shape index (κ3) is 2.79. The summed E-state index contributed by atoms with van der Waals surface area (Å²) in [6.07, 6.45) is 0.452. The monoisotopic (exact) mass is 350 g/mol. The van der Waals surface area contributed by atoms with Crippen LogP contribution >= 0.6 is 0 Å². The Morgan fingerprint density at radius 3 is 2.73 bits per heavy atom. The third-order valence-electron chi connectivity index (χ3n) is 4.26. The number of para-hydroxylation sites is 1. The fraction of sp³-hybridized carbons (Fsp3) is 0.200. The molecule has 0 bridgehead atoms. The van der Waals surface area contributed by atoms with Crippen LogP contribution in [0.5, 0.6) is 23.1 Å². The molecule has 0 unspecified atom stereocenters. The van der Waals surface area contributed by atoms with E-state index >= 15 is 0 Å². The van der Waals surface area contributed by atoms with Gasteiger partial charge in [0.25, 0.3) is 5.56 Å². The van der Waals surface area contributed by atoms with E-state index in [-0.39, 0.29) is 5.56 Å². The summed E-state index contributed by atoms with van der Waals surface area (Å²) in [5, 5.41) is 0.